The first-order valence-electron chi connectivity index (χ1n) is 8.81. The Morgan fingerprint density at radius 2 is 1.71 bits per heavy atom. The van der Waals surface area contributed by atoms with Crippen molar-refractivity contribution in [3.63, 3.8) is 0 Å². The second-order valence-electron chi connectivity index (χ2n) is 6.62. The first-order valence-corrected chi connectivity index (χ1v) is 10.3. The normalized spacial score (nSPS) is 11.4. The van der Waals surface area contributed by atoms with E-state index in [4.69, 9.17) is 4.74 Å². The van der Waals surface area contributed by atoms with Crippen LogP contribution in [-0.4, -0.2) is 27.5 Å². The molecule has 0 heterocycles. The van der Waals surface area contributed by atoms with Crippen LogP contribution in [0.15, 0.2) is 65.6 Å². The second-order valence-corrected chi connectivity index (χ2v) is 8.30. The fraction of sp³-hybridized carbons (Fsp3) is 0.190. The number of hydrogen-bond donors (Lipinski definition) is 2. The van der Waals surface area contributed by atoms with Crippen molar-refractivity contribution in [3.8, 4) is 5.75 Å². The molecule has 0 aliphatic carbocycles. The highest BCUT2D eigenvalue weighted by Crippen LogP contribution is 2.27. The summed E-state index contributed by atoms with van der Waals surface area (Å²) in [5.74, 6) is -0.0867. The zero-order chi connectivity index (χ0) is 20.3. The third-order valence-corrected chi connectivity index (χ3v) is 5.54. The van der Waals surface area contributed by atoms with Gasteiger partial charge < -0.3 is 10.1 Å². The Morgan fingerprint density at radius 1 is 1.00 bits per heavy atom. The third-order valence-electron chi connectivity index (χ3n) is 4.18. The minimum atomic E-state index is -3.90. The summed E-state index contributed by atoms with van der Waals surface area (Å²) in [4.78, 5) is 12.4. The Balaban J connectivity index is 2.00. The van der Waals surface area contributed by atoms with Crippen LogP contribution in [0, 0.1) is 0 Å². The van der Waals surface area contributed by atoms with Gasteiger partial charge in [0.25, 0.3) is 15.9 Å². The number of benzene rings is 3. The van der Waals surface area contributed by atoms with E-state index >= 15 is 0 Å². The van der Waals surface area contributed by atoms with Crippen molar-refractivity contribution in [1.82, 2.24) is 5.32 Å². The summed E-state index contributed by atoms with van der Waals surface area (Å²) in [6.07, 6.45) is 0. The molecule has 0 saturated heterocycles. The molecule has 7 heteroatoms. The van der Waals surface area contributed by atoms with Crippen LogP contribution in [-0.2, 0) is 10.0 Å². The predicted octanol–water partition coefficient (Wildman–Crippen LogP) is 3.79. The molecule has 1 amide bonds. The molecule has 3 aromatic carbocycles. The number of carbonyl (C=O) groups is 1. The lowest BCUT2D eigenvalue weighted by molar-refractivity contribution is 0.0940. The lowest BCUT2D eigenvalue weighted by Crippen LogP contribution is -2.30. The van der Waals surface area contributed by atoms with Gasteiger partial charge in [0.05, 0.1) is 23.3 Å². The molecule has 146 valence electrons. The average Bonchev–Trinajstić information content (AvgIpc) is 2.67. The number of hydrogen-bond acceptors (Lipinski definition) is 4. The van der Waals surface area contributed by atoms with Crippen LogP contribution in [0.2, 0.25) is 0 Å². The van der Waals surface area contributed by atoms with Gasteiger partial charge in [-0.3, -0.25) is 9.52 Å². The predicted molar refractivity (Wildman–Crippen MR) is 110 cm³/mol. The number of sulfonamides is 1. The van der Waals surface area contributed by atoms with Gasteiger partial charge in [-0.1, -0.05) is 36.4 Å². The average molecular weight is 398 g/mol. The molecule has 0 spiro atoms. The largest absolute Gasteiger partial charge is 0.496 e. The van der Waals surface area contributed by atoms with Crippen molar-refractivity contribution in [3.05, 3.63) is 66.2 Å². The lowest BCUT2D eigenvalue weighted by atomic mass is 10.1. The first kappa shape index (κ1) is 19.7. The Hall–Kier alpha value is -3.06. The highest BCUT2D eigenvalue weighted by Gasteiger charge is 2.21. The van der Waals surface area contributed by atoms with Crippen molar-refractivity contribution in [2.45, 2.75) is 24.8 Å². The first-order chi connectivity index (χ1) is 13.3. The minimum Gasteiger partial charge on any atom is -0.496 e. The van der Waals surface area contributed by atoms with Crippen LogP contribution in [0.1, 0.15) is 24.2 Å². The SMILES string of the molecule is COc1ccc(S(=O)(=O)Nc2cccc3ccccc23)cc1C(=O)NC(C)C. The molecule has 3 rings (SSSR count). The van der Waals surface area contributed by atoms with E-state index in [-0.39, 0.29) is 16.5 Å². The zero-order valence-electron chi connectivity index (χ0n) is 15.9. The van der Waals surface area contributed by atoms with Gasteiger partial charge in [0.15, 0.2) is 0 Å². The minimum absolute atomic E-state index is 0.0184. The quantitative estimate of drug-likeness (QED) is 0.662. The summed E-state index contributed by atoms with van der Waals surface area (Å²) in [5, 5.41) is 4.47. The molecule has 28 heavy (non-hydrogen) atoms. The van der Waals surface area contributed by atoms with Gasteiger partial charge in [0.2, 0.25) is 0 Å². The van der Waals surface area contributed by atoms with E-state index in [0.29, 0.717) is 11.4 Å². The summed E-state index contributed by atoms with van der Waals surface area (Å²) >= 11 is 0. The molecule has 0 unspecified atom stereocenters. The van der Waals surface area contributed by atoms with E-state index in [1.54, 1.807) is 12.1 Å². The van der Waals surface area contributed by atoms with E-state index < -0.39 is 15.9 Å². The highest BCUT2D eigenvalue weighted by molar-refractivity contribution is 7.92. The second kappa shape index (κ2) is 7.90. The number of nitrogens with one attached hydrogen (secondary N) is 2. The van der Waals surface area contributed by atoms with Crippen LogP contribution in [0.4, 0.5) is 5.69 Å². The number of fused-ring (bicyclic) bond motifs is 1. The third kappa shape index (κ3) is 4.09. The van der Waals surface area contributed by atoms with E-state index in [2.05, 4.69) is 10.0 Å². The Labute approximate surface area is 164 Å². The van der Waals surface area contributed by atoms with Crippen molar-refractivity contribution in [2.75, 3.05) is 11.8 Å². The fourth-order valence-corrected chi connectivity index (χ4v) is 4.00. The van der Waals surface area contributed by atoms with Crippen LogP contribution < -0.4 is 14.8 Å². The van der Waals surface area contributed by atoms with E-state index in [0.717, 1.165) is 10.8 Å². The molecule has 0 saturated carbocycles. The number of ether oxygens (including phenoxy) is 1. The number of amides is 1. The maximum atomic E-state index is 13.0. The summed E-state index contributed by atoms with van der Waals surface area (Å²) in [6.45, 7) is 3.65. The molecule has 0 fully saturated rings. The molecular weight excluding hydrogens is 376 g/mol. The van der Waals surface area contributed by atoms with Gasteiger partial charge in [-0.2, -0.15) is 0 Å². The maximum absolute atomic E-state index is 13.0. The van der Waals surface area contributed by atoms with Crippen LogP contribution >= 0.6 is 0 Å². The fourth-order valence-electron chi connectivity index (χ4n) is 2.89. The molecule has 6 nitrogen and oxygen atoms in total. The van der Waals surface area contributed by atoms with Crippen molar-refractivity contribution < 1.29 is 17.9 Å². The standard InChI is InChI=1S/C21H22N2O4S/c1-14(2)22-21(24)18-13-16(11-12-20(18)27-3)28(25,26)23-19-10-6-8-15-7-4-5-9-17(15)19/h4-14,23H,1-3H3,(H,22,24). The monoisotopic (exact) mass is 398 g/mol. The number of anilines is 1. The number of carbonyl (C=O) groups excluding carboxylic acids is 1. The summed E-state index contributed by atoms with van der Waals surface area (Å²) in [7, 11) is -2.47. The van der Waals surface area contributed by atoms with Gasteiger partial charge in [0.1, 0.15) is 5.75 Å². The van der Waals surface area contributed by atoms with Crippen molar-refractivity contribution in [1.29, 1.82) is 0 Å². The Morgan fingerprint density at radius 3 is 2.43 bits per heavy atom. The van der Waals surface area contributed by atoms with E-state index in [1.165, 1.54) is 25.3 Å². The zero-order valence-corrected chi connectivity index (χ0v) is 16.7. The Kier molecular flexibility index (Phi) is 5.56. The van der Waals surface area contributed by atoms with Gasteiger partial charge in [0, 0.05) is 11.4 Å². The van der Waals surface area contributed by atoms with Gasteiger partial charge >= 0.3 is 0 Å². The van der Waals surface area contributed by atoms with E-state index in [1.807, 2.05) is 44.2 Å². The van der Waals surface area contributed by atoms with Crippen LogP contribution in [0.25, 0.3) is 10.8 Å². The van der Waals surface area contributed by atoms with Crippen molar-refractivity contribution in [2.24, 2.45) is 0 Å². The molecule has 0 radical (unpaired) electrons. The molecule has 0 bridgehead atoms. The molecule has 2 N–H and O–H groups in total. The summed E-state index contributed by atoms with van der Waals surface area (Å²) in [5.41, 5.74) is 0.638. The smallest absolute Gasteiger partial charge is 0.261 e. The van der Waals surface area contributed by atoms with Gasteiger partial charge in [-0.15, -0.1) is 0 Å². The maximum Gasteiger partial charge on any atom is 0.261 e. The van der Waals surface area contributed by atoms with Crippen LogP contribution in [0.5, 0.6) is 5.75 Å². The summed E-state index contributed by atoms with van der Waals surface area (Å²) < 4.78 is 33.8. The van der Waals surface area contributed by atoms with Gasteiger partial charge in [-0.05, 0) is 43.5 Å². The Bertz CT molecular complexity index is 1120. The van der Waals surface area contributed by atoms with E-state index in [9.17, 15) is 13.2 Å². The van der Waals surface area contributed by atoms with Gasteiger partial charge in [-0.25, -0.2) is 8.42 Å². The number of rotatable bonds is 6. The van der Waals surface area contributed by atoms with Crippen LogP contribution in [0.3, 0.4) is 0 Å². The molecule has 0 atom stereocenters. The van der Waals surface area contributed by atoms with Crippen molar-refractivity contribution >= 4 is 32.4 Å². The molecule has 0 aliphatic heterocycles. The molecular formula is C21H22N2O4S. The number of methoxy groups -OCH3 is 1. The topological polar surface area (TPSA) is 84.5 Å². The molecule has 0 aliphatic rings. The molecule has 3 aromatic rings. The lowest BCUT2D eigenvalue weighted by Gasteiger charge is -2.14. The molecule has 0 aromatic heterocycles. The highest BCUT2D eigenvalue weighted by atomic mass is 32.2. The summed E-state index contributed by atoms with van der Waals surface area (Å²) in [6, 6.07) is 17.0.